The van der Waals surface area contributed by atoms with Crippen LogP contribution in [0.25, 0.3) is 22.4 Å². The molecule has 2 aromatic carbocycles. The summed E-state index contributed by atoms with van der Waals surface area (Å²) in [5, 5.41) is 3.08. The second-order valence-electron chi connectivity index (χ2n) is 8.02. The number of alkyl halides is 3. The molecule has 0 aliphatic carbocycles. The second kappa shape index (κ2) is 9.62. The molecule has 0 unspecified atom stereocenters. The van der Waals surface area contributed by atoms with Gasteiger partial charge >= 0.3 is 6.18 Å². The Bertz CT molecular complexity index is 1490. The summed E-state index contributed by atoms with van der Waals surface area (Å²) in [6, 6.07) is 10.5. The van der Waals surface area contributed by atoms with Gasteiger partial charge in [-0.2, -0.15) is 13.2 Å². The molecule has 4 aromatic rings. The Balaban J connectivity index is 1.47. The van der Waals surface area contributed by atoms with E-state index in [4.69, 9.17) is 24.4 Å². The van der Waals surface area contributed by atoms with Gasteiger partial charge in [-0.05, 0) is 30.3 Å². The molecule has 0 atom stereocenters. The summed E-state index contributed by atoms with van der Waals surface area (Å²) in [5.41, 5.74) is 5.71. The monoisotopic (exact) mass is 514 g/mol. The molecule has 5 rings (SSSR count). The van der Waals surface area contributed by atoms with Crippen LogP contribution < -0.4 is 25.3 Å². The van der Waals surface area contributed by atoms with Crippen molar-refractivity contribution >= 4 is 16.8 Å². The van der Waals surface area contributed by atoms with Crippen molar-refractivity contribution in [1.29, 1.82) is 0 Å². The van der Waals surface area contributed by atoms with E-state index in [-0.39, 0.29) is 41.7 Å². The van der Waals surface area contributed by atoms with E-state index in [1.165, 1.54) is 19.2 Å². The summed E-state index contributed by atoms with van der Waals surface area (Å²) >= 11 is 0. The molecule has 0 radical (unpaired) electrons. The lowest BCUT2D eigenvalue weighted by Gasteiger charge is -2.21. The first-order valence-electron chi connectivity index (χ1n) is 11.2. The van der Waals surface area contributed by atoms with Crippen LogP contribution in [0.2, 0.25) is 0 Å². The number of carbonyl (C=O) groups excluding carboxylic acids is 1. The van der Waals surface area contributed by atoms with Crippen LogP contribution in [-0.2, 0) is 19.3 Å². The number of nitrogens with one attached hydrogen (secondary N) is 1. The molecule has 37 heavy (non-hydrogen) atoms. The molecule has 0 bridgehead atoms. The lowest BCUT2D eigenvalue weighted by atomic mass is 10.1. The highest BCUT2D eigenvalue weighted by atomic mass is 19.4. The molecule has 3 N–H and O–H groups in total. The third-order valence-electron chi connectivity index (χ3n) is 5.75. The van der Waals surface area contributed by atoms with Crippen LogP contribution in [0.4, 0.5) is 13.2 Å². The fraction of sp³-hybridized carbons (Fsp3) is 0.240. The number of carbonyl (C=O) groups is 1. The Labute approximate surface area is 208 Å². The number of amides is 1. The van der Waals surface area contributed by atoms with Crippen LogP contribution in [0.15, 0.2) is 46.9 Å². The molecule has 2 aromatic heterocycles. The summed E-state index contributed by atoms with van der Waals surface area (Å²) in [5.74, 6) is 0.882. The van der Waals surface area contributed by atoms with Gasteiger partial charge in [-0.3, -0.25) is 4.79 Å². The highest BCUT2D eigenvalue weighted by Gasteiger charge is 2.33. The van der Waals surface area contributed by atoms with Gasteiger partial charge in [0, 0.05) is 23.1 Å². The minimum absolute atomic E-state index is 0.00800. The van der Waals surface area contributed by atoms with Gasteiger partial charge in [0.15, 0.2) is 23.0 Å². The molecule has 0 spiro atoms. The van der Waals surface area contributed by atoms with E-state index in [0.29, 0.717) is 35.7 Å². The molecule has 1 aliphatic heterocycles. The number of halogens is 3. The number of oxazole rings is 1. The number of rotatable bonds is 6. The Kier molecular flexibility index (Phi) is 6.34. The van der Waals surface area contributed by atoms with Crippen molar-refractivity contribution in [2.24, 2.45) is 5.73 Å². The molecule has 9 nitrogen and oxygen atoms in total. The van der Waals surface area contributed by atoms with Crippen molar-refractivity contribution in [2.75, 3.05) is 20.3 Å². The summed E-state index contributed by atoms with van der Waals surface area (Å²) in [6.45, 7) is 0.847. The van der Waals surface area contributed by atoms with Crippen molar-refractivity contribution in [3.8, 4) is 28.7 Å². The van der Waals surface area contributed by atoms with Crippen molar-refractivity contribution in [3.05, 3.63) is 65.2 Å². The molecule has 1 aliphatic rings. The number of ether oxygens (including phenoxy) is 3. The highest BCUT2D eigenvalue weighted by Crippen LogP contribution is 2.37. The maximum atomic E-state index is 13.2. The summed E-state index contributed by atoms with van der Waals surface area (Å²) in [7, 11) is 1.33. The van der Waals surface area contributed by atoms with E-state index in [1.807, 2.05) is 0 Å². The van der Waals surface area contributed by atoms with E-state index in [2.05, 4.69) is 15.3 Å². The number of para-hydroxylation sites is 1. The minimum atomic E-state index is -4.63. The SMILES string of the molecule is COc1ccc(-c2nc(C(=O)NCc3cccc4c3OCCO4)c(CN)o2)c2ccc(C(F)(F)F)nc12. The Hall–Kier alpha value is -4.32. The summed E-state index contributed by atoms with van der Waals surface area (Å²) in [6.07, 6.45) is -4.63. The van der Waals surface area contributed by atoms with Crippen LogP contribution in [-0.4, -0.2) is 36.2 Å². The van der Waals surface area contributed by atoms with Crippen LogP contribution in [0, 0.1) is 0 Å². The fourth-order valence-corrected chi connectivity index (χ4v) is 4.02. The first kappa shape index (κ1) is 24.4. The molecule has 0 saturated heterocycles. The smallest absolute Gasteiger partial charge is 0.433 e. The van der Waals surface area contributed by atoms with Gasteiger partial charge < -0.3 is 29.7 Å². The average molecular weight is 514 g/mol. The standard InChI is InChI=1S/C25H21F3N4O5/c1-34-16-7-5-15(14-6-8-19(25(26,27)28)31-20(14)16)24-32-21(18(11-29)37-24)23(33)30-12-13-3-2-4-17-22(13)36-10-9-35-17/h2-8H,9-12,29H2,1H3,(H,30,33). The molecule has 0 fully saturated rings. The molecule has 12 heteroatoms. The van der Waals surface area contributed by atoms with Crippen molar-refractivity contribution in [3.63, 3.8) is 0 Å². The van der Waals surface area contributed by atoms with Gasteiger partial charge in [-0.15, -0.1) is 0 Å². The number of hydrogen-bond acceptors (Lipinski definition) is 8. The molecule has 192 valence electrons. The minimum Gasteiger partial charge on any atom is -0.494 e. The maximum absolute atomic E-state index is 13.2. The molecule has 1 amide bonds. The number of benzene rings is 2. The predicted octanol–water partition coefficient (Wildman–Crippen LogP) is 4.08. The van der Waals surface area contributed by atoms with E-state index >= 15 is 0 Å². The lowest BCUT2D eigenvalue weighted by molar-refractivity contribution is -0.140. The van der Waals surface area contributed by atoms with Crippen molar-refractivity contribution in [2.45, 2.75) is 19.3 Å². The first-order chi connectivity index (χ1) is 17.8. The zero-order valence-corrected chi connectivity index (χ0v) is 19.5. The average Bonchev–Trinajstić information content (AvgIpc) is 3.34. The summed E-state index contributed by atoms with van der Waals surface area (Å²) in [4.78, 5) is 21.1. The third-order valence-corrected chi connectivity index (χ3v) is 5.75. The second-order valence-corrected chi connectivity index (χ2v) is 8.02. The Morgan fingerprint density at radius 3 is 2.68 bits per heavy atom. The molecular weight excluding hydrogens is 493 g/mol. The zero-order chi connectivity index (χ0) is 26.2. The predicted molar refractivity (Wildman–Crippen MR) is 125 cm³/mol. The van der Waals surface area contributed by atoms with E-state index < -0.39 is 17.8 Å². The van der Waals surface area contributed by atoms with Crippen molar-refractivity contribution in [1.82, 2.24) is 15.3 Å². The third kappa shape index (κ3) is 4.62. The number of hydrogen-bond donors (Lipinski definition) is 2. The maximum Gasteiger partial charge on any atom is 0.433 e. The highest BCUT2D eigenvalue weighted by molar-refractivity contribution is 5.98. The van der Waals surface area contributed by atoms with Crippen LogP contribution in [0.3, 0.4) is 0 Å². The molecule has 3 heterocycles. The number of nitrogens with two attached hydrogens (primary N) is 1. The van der Waals surface area contributed by atoms with Gasteiger partial charge in [0.25, 0.3) is 5.91 Å². The molecular formula is C25H21F3N4O5. The number of methoxy groups -OCH3 is 1. The number of pyridine rings is 1. The van der Waals surface area contributed by atoms with Crippen LogP contribution in [0.1, 0.15) is 27.5 Å². The van der Waals surface area contributed by atoms with E-state index in [1.54, 1.807) is 24.3 Å². The summed E-state index contributed by atoms with van der Waals surface area (Å²) < 4.78 is 61.9. The largest absolute Gasteiger partial charge is 0.494 e. The molecule has 0 saturated carbocycles. The first-order valence-corrected chi connectivity index (χ1v) is 11.2. The quantitative estimate of drug-likeness (QED) is 0.395. The van der Waals surface area contributed by atoms with Crippen molar-refractivity contribution < 1.29 is 36.6 Å². The van der Waals surface area contributed by atoms with Gasteiger partial charge in [-0.1, -0.05) is 12.1 Å². The normalized spacial score (nSPS) is 13.0. The fourth-order valence-electron chi connectivity index (χ4n) is 4.02. The zero-order valence-electron chi connectivity index (χ0n) is 19.5. The van der Waals surface area contributed by atoms with Gasteiger partial charge in [0.1, 0.15) is 30.2 Å². The van der Waals surface area contributed by atoms with E-state index in [9.17, 15) is 18.0 Å². The van der Waals surface area contributed by atoms with E-state index in [0.717, 1.165) is 11.6 Å². The van der Waals surface area contributed by atoms with Crippen LogP contribution in [0.5, 0.6) is 17.2 Å². The van der Waals surface area contributed by atoms with Gasteiger partial charge in [-0.25, -0.2) is 9.97 Å². The Morgan fingerprint density at radius 2 is 1.92 bits per heavy atom. The number of fused-ring (bicyclic) bond motifs is 2. The van der Waals surface area contributed by atoms with Gasteiger partial charge in [0.05, 0.1) is 13.7 Å². The number of nitrogens with zero attached hydrogens (tertiary/aromatic N) is 2. The number of aromatic nitrogens is 2. The van der Waals surface area contributed by atoms with Gasteiger partial charge in [0.2, 0.25) is 5.89 Å². The topological polar surface area (TPSA) is 122 Å². The van der Waals surface area contributed by atoms with Crippen LogP contribution >= 0.6 is 0 Å². The lowest BCUT2D eigenvalue weighted by Crippen LogP contribution is -2.25. The Morgan fingerprint density at radius 1 is 1.11 bits per heavy atom.